The molecule has 0 bridgehead atoms. The van der Waals surface area contributed by atoms with Crippen LogP contribution in [0.2, 0.25) is 5.28 Å². The predicted molar refractivity (Wildman–Crippen MR) is 83.0 cm³/mol. The lowest BCUT2D eigenvalue weighted by Crippen LogP contribution is -2.27. The number of carbonyl (C=O) groups is 1. The molecule has 0 radical (unpaired) electrons. The molecule has 0 aliphatic carbocycles. The molecule has 0 aliphatic heterocycles. The van der Waals surface area contributed by atoms with Gasteiger partial charge < -0.3 is 9.88 Å². The summed E-state index contributed by atoms with van der Waals surface area (Å²) < 4.78 is 1.71. The second-order valence-electron chi connectivity index (χ2n) is 4.72. The monoisotopic (exact) mass is 299 g/mol. The summed E-state index contributed by atoms with van der Waals surface area (Å²) in [4.78, 5) is 16.3. The number of fused-ring (bicyclic) bond motifs is 1. The highest BCUT2D eigenvalue weighted by Gasteiger charge is 2.11. The van der Waals surface area contributed by atoms with Crippen molar-refractivity contribution >= 4 is 28.5 Å². The van der Waals surface area contributed by atoms with Crippen molar-refractivity contribution < 1.29 is 4.79 Å². The van der Waals surface area contributed by atoms with Gasteiger partial charge in [0, 0.05) is 6.54 Å². The van der Waals surface area contributed by atoms with E-state index in [9.17, 15) is 4.79 Å². The van der Waals surface area contributed by atoms with Crippen LogP contribution in [0.15, 0.2) is 54.6 Å². The van der Waals surface area contributed by atoms with E-state index in [4.69, 9.17) is 11.6 Å². The number of nitrogens with zero attached hydrogens (tertiary/aromatic N) is 2. The minimum atomic E-state index is -0.0936. The summed E-state index contributed by atoms with van der Waals surface area (Å²) in [6.07, 6.45) is 0. The first-order valence-corrected chi connectivity index (χ1v) is 7.03. The van der Waals surface area contributed by atoms with Crippen LogP contribution in [0, 0.1) is 0 Å². The Kier molecular flexibility index (Phi) is 3.88. The molecule has 5 heteroatoms. The maximum absolute atomic E-state index is 12.1. The van der Waals surface area contributed by atoms with Crippen LogP contribution in [0.1, 0.15) is 5.56 Å². The smallest absolute Gasteiger partial charge is 0.240 e. The van der Waals surface area contributed by atoms with Crippen LogP contribution in [0.5, 0.6) is 0 Å². The first-order valence-electron chi connectivity index (χ1n) is 6.65. The van der Waals surface area contributed by atoms with Gasteiger partial charge in [-0.3, -0.25) is 4.79 Å². The number of amides is 1. The van der Waals surface area contributed by atoms with Gasteiger partial charge in [-0.2, -0.15) is 0 Å². The molecule has 106 valence electrons. The average molecular weight is 300 g/mol. The summed E-state index contributed by atoms with van der Waals surface area (Å²) in [6, 6.07) is 17.4. The molecule has 2 aromatic carbocycles. The molecule has 0 aliphatic rings. The van der Waals surface area contributed by atoms with Gasteiger partial charge >= 0.3 is 0 Å². The van der Waals surface area contributed by atoms with Gasteiger partial charge in [-0.15, -0.1) is 0 Å². The Balaban J connectivity index is 1.70. The Labute approximate surface area is 127 Å². The second kappa shape index (κ2) is 5.97. The third-order valence-electron chi connectivity index (χ3n) is 3.24. The van der Waals surface area contributed by atoms with Gasteiger partial charge in [0.05, 0.1) is 11.0 Å². The zero-order valence-electron chi connectivity index (χ0n) is 11.3. The molecule has 0 unspecified atom stereocenters. The number of para-hydroxylation sites is 2. The molecule has 1 aromatic heterocycles. The quantitative estimate of drug-likeness (QED) is 0.805. The summed E-state index contributed by atoms with van der Waals surface area (Å²) >= 11 is 6.10. The standard InChI is InChI=1S/C16H14ClN3O/c17-16-19-13-8-4-5-9-14(13)20(16)11-15(21)18-10-12-6-2-1-3-7-12/h1-9H,10-11H2,(H,18,21). The fourth-order valence-corrected chi connectivity index (χ4v) is 2.43. The van der Waals surface area contributed by atoms with Crippen LogP contribution in [0.25, 0.3) is 11.0 Å². The first-order chi connectivity index (χ1) is 10.2. The van der Waals surface area contributed by atoms with E-state index in [1.54, 1.807) is 4.57 Å². The summed E-state index contributed by atoms with van der Waals surface area (Å²) in [7, 11) is 0. The van der Waals surface area contributed by atoms with Crippen molar-refractivity contribution in [2.45, 2.75) is 13.1 Å². The van der Waals surface area contributed by atoms with Gasteiger partial charge in [-0.25, -0.2) is 4.98 Å². The lowest BCUT2D eigenvalue weighted by atomic mass is 10.2. The van der Waals surface area contributed by atoms with Crippen molar-refractivity contribution in [1.82, 2.24) is 14.9 Å². The predicted octanol–water partition coefficient (Wildman–Crippen LogP) is 3.01. The summed E-state index contributed by atoms with van der Waals surface area (Å²) in [5, 5.41) is 3.21. The molecule has 0 fully saturated rings. The zero-order valence-corrected chi connectivity index (χ0v) is 12.0. The van der Waals surface area contributed by atoms with Gasteiger partial charge in [-0.05, 0) is 29.3 Å². The fraction of sp³-hybridized carbons (Fsp3) is 0.125. The van der Waals surface area contributed by atoms with Crippen molar-refractivity contribution in [1.29, 1.82) is 0 Å². The molecule has 3 rings (SSSR count). The Bertz CT molecular complexity index is 768. The van der Waals surface area contributed by atoms with Crippen LogP contribution >= 0.6 is 11.6 Å². The van der Waals surface area contributed by atoms with Crippen molar-refractivity contribution in [2.24, 2.45) is 0 Å². The highest BCUT2D eigenvalue weighted by atomic mass is 35.5. The maximum Gasteiger partial charge on any atom is 0.240 e. The number of hydrogen-bond acceptors (Lipinski definition) is 2. The number of benzene rings is 2. The van der Waals surface area contributed by atoms with E-state index < -0.39 is 0 Å². The summed E-state index contributed by atoms with van der Waals surface area (Å²) in [6.45, 7) is 0.663. The molecule has 4 nitrogen and oxygen atoms in total. The molecule has 21 heavy (non-hydrogen) atoms. The number of rotatable bonds is 4. The number of carbonyl (C=O) groups excluding carboxylic acids is 1. The number of halogens is 1. The third-order valence-corrected chi connectivity index (χ3v) is 3.53. The van der Waals surface area contributed by atoms with Gasteiger partial charge in [0.2, 0.25) is 11.2 Å². The van der Waals surface area contributed by atoms with E-state index in [0.717, 1.165) is 16.6 Å². The van der Waals surface area contributed by atoms with E-state index >= 15 is 0 Å². The maximum atomic E-state index is 12.1. The molecule has 0 saturated carbocycles. The largest absolute Gasteiger partial charge is 0.350 e. The van der Waals surface area contributed by atoms with Gasteiger partial charge in [0.1, 0.15) is 6.54 Å². The first kappa shape index (κ1) is 13.6. The van der Waals surface area contributed by atoms with E-state index in [1.807, 2.05) is 54.6 Å². The number of nitrogens with one attached hydrogen (secondary N) is 1. The van der Waals surface area contributed by atoms with E-state index in [-0.39, 0.29) is 12.5 Å². The van der Waals surface area contributed by atoms with Gasteiger partial charge in [0.15, 0.2) is 0 Å². The Morgan fingerprint density at radius 3 is 2.62 bits per heavy atom. The number of aromatic nitrogens is 2. The van der Waals surface area contributed by atoms with Gasteiger partial charge in [0.25, 0.3) is 0 Å². The Morgan fingerprint density at radius 2 is 1.81 bits per heavy atom. The fourth-order valence-electron chi connectivity index (χ4n) is 2.19. The molecular formula is C16H14ClN3O. The molecule has 0 atom stereocenters. The molecule has 3 aromatic rings. The van der Waals surface area contributed by atoms with E-state index in [0.29, 0.717) is 11.8 Å². The van der Waals surface area contributed by atoms with Crippen LogP contribution in [0.4, 0.5) is 0 Å². The van der Waals surface area contributed by atoms with Crippen molar-refractivity contribution in [3.63, 3.8) is 0 Å². The van der Waals surface area contributed by atoms with Crippen molar-refractivity contribution in [3.8, 4) is 0 Å². The minimum Gasteiger partial charge on any atom is -0.350 e. The van der Waals surface area contributed by atoms with Crippen molar-refractivity contribution in [3.05, 3.63) is 65.4 Å². The normalized spacial score (nSPS) is 10.7. The summed E-state index contributed by atoms with van der Waals surface area (Å²) in [5.41, 5.74) is 2.71. The van der Waals surface area contributed by atoms with E-state index in [1.165, 1.54) is 0 Å². The molecule has 1 heterocycles. The van der Waals surface area contributed by atoms with Crippen LogP contribution in [0.3, 0.4) is 0 Å². The average Bonchev–Trinajstić information content (AvgIpc) is 2.82. The molecule has 0 saturated heterocycles. The van der Waals surface area contributed by atoms with Gasteiger partial charge in [-0.1, -0.05) is 42.5 Å². The minimum absolute atomic E-state index is 0.0936. The van der Waals surface area contributed by atoms with E-state index in [2.05, 4.69) is 10.3 Å². The zero-order chi connectivity index (χ0) is 14.7. The SMILES string of the molecule is O=C(Cn1c(Cl)nc2ccccc21)NCc1ccccc1. The highest BCUT2D eigenvalue weighted by Crippen LogP contribution is 2.19. The molecule has 1 N–H and O–H groups in total. The number of imidazole rings is 1. The van der Waals surface area contributed by atoms with Crippen molar-refractivity contribution in [2.75, 3.05) is 0 Å². The number of hydrogen-bond donors (Lipinski definition) is 1. The third kappa shape index (κ3) is 3.06. The Morgan fingerprint density at radius 1 is 1.10 bits per heavy atom. The van der Waals surface area contributed by atoms with Crippen LogP contribution in [-0.4, -0.2) is 15.5 Å². The lowest BCUT2D eigenvalue weighted by molar-refractivity contribution is -0.121. The Hall–Kier alpha value is -2.33. The molecule has 1 amide bonds. The second-order valence-corrected chi connectivity index (χ2v) is 5.06. The molecule has 0 spiro atoms. The van der Waals surface area contributed by atoms with Crippen LogP contribution < -0.4 is 5.32 Å². The lowest BCUT2D eigenvalue weighted by Gasteiger charge is -2.07. The van der Waals surface area contributed by atoms with Crippen LogP contribution in [-0.2, 0) is 17.9 Å². The molecular weight excluding hydrogens is 286 g/mol. The summed E-state index contributed by atoms with van der Waals surface area (Å²) in [5.74, 6) is -0.0936. The topological polar surface area (TPSA) is 46.9 Å². The highest BCUT2D eigenvalue weighted by molar-refractivity contribution is 6.29.